The molecule has 2 atom stereocenters. The number of hydrogen-bond donors (Lipinski definition) is 1. The van der Waals surface area contributed by atoms with Crippen molar-refractivity contribution in [2.24, 2.45) is 5.92 Å². The van der Waals surface area contributed by atoms with E-state index in [0.717, 1.165) is 52.0 Å². The van der Waals surface area contributed by atoms with E-state index in [9.17, 15) is 4.79 Å². The summed E-state index contributed by atoms with van der Waals surface area (Å²) in [6.07, 6.45) is 3.97. The number of piperazine rings is 1. The van der Waals surface area contributed by atoms with E-state index in [0.29, 0.717) is 12.3 Å². The highest BCUT2D eigenvalue weighted by molar-refractivity contribution is 5.76. The van der Waals surface area contributed by atoms with Gasteiger partial charge in [-0.05, 0) is 43.9 Å². The first-order chi connectivity index (χ1) is 12.5. The second-order valence-electron chi connectivity index (χ2n) is 8.02. The standard InChI is InChI=1S/C22H37N3O/c1-5-7-18(2)17-22(26)23-20(4)10-11-24-12-14-25(15-13-24)21-9-6-8-19(3)16-21/h6,8-9,16,18,20H,5,7,10-15,17H2,1-4H3,(H,23,26). The molecule has 4 nitrogen and oxygen atoms in total. The van der Waals surface area contributed by atoms with Gasteiger partial charge in [-0.1, -0.05) is 38.8 Å². The van der Waals surface area contributed by atoms with Gasteiger partial charge in [0.1, 0.15) is 0 Å². The van der Waals surface area contributed by atoms with E-state index in [-0.39, 0.29) is 11.9 Å². The van der Waals surface area contributed by atoms with Crippen LogP contribution in [0.4, 0.5) is 5.69 Å². The first-order valence-electron chi connectivity index (χ1n) is 10.3. The number of carbonyl (C=O) groups excluding carboxylic acids is 1. The summed E-state index contributed by atoms with van der Waals surface area (Å²) in [5, 5.41) is 3.17. The molecule has 1 saturated heterocycles. The molecule has 1 amide bonds. The van der Waals surface area contributed by atoms with E-state index < -0.39 is 0 Å². The van der Waals surface area contributed by atoms with E-state index in [1.807, 2.05) is 0 Å². The smallest absolute Gasteiger partial charge is 0.220 e. The molecule has 26 heavy (non-hydrogen) atoms. The predicted octanol–water partition coefficient (Wildman–Crippen LogP) is 3.84. The van der Waals surface area contributed by atoms with Crippen LogP contribution in [0.5, 0.6) is 0 Å². The number of nitrogens with one attached hydrogen (secondary N) is 1. The van der Waals surface area contributed by atoms with Crippen molar-refractivity contribution in [3.8, 4) is 0 Å². The highest BCUT2D eigenvalue weighted by Crippen LogP contribution is 2.18. The average Bonchev–Trinajstić information content (AvgIpc) is 2.60. The van der Waals surface area contributed by atoms with Crippen LogP contribution < -0.4 is 10.2 Å². The normalized spacial score (nSPS) is 17.8. The largest absolute Gasteiger partial charge is 0.369 e. The Morgan fingerprint density at radius 2 is 1.88 bits per heavy atom. The molecule has 1 fully saturated rings. The molecule has 1 aromatic carbocycles. The van der Waals surface area contributed by atoms with Gasteiger partial charge in [-0.2, -0.15) is 0 Å². The Hall–Kier alpha value is -1.55. The molecule has 0 bridgehead atoms. The SMILES string of the molecule is CCCC(C)CC(=O)NC(C)CCN1CCN(c2cccc(C)c2)CC1. The van der Waals surface area contributed by atoms with E-state index in [1.54, 1.807) is 0 Å². The molecule has 1 aliphatic heterocycles. The summed E-state index contributed by atoms with van der Waals surface area (Å²) >= 11 is 0. The van der Waals surface area contributed by atoms with E-state index in [4.69, 9.17) is 0 Å². The number of amides is 1. The third-order valence-electron chi connectivity index (χ3n) is 5.34. The predicted molar refractivity (Wildman–Crippen MR) is 111 cm³/mol. The fourth-order valence-electron chi connectivity index (χ4n) is 3.75. The van der Waals surface area contributed by atoms with Crippen molar-refractivity contribution in [3.63, 3.8) is 0 Å². The number of nitrogens with zero attached hydrogens (tertiary/aromatic N) is 2. The zero-order valence-electron chi connectivity index (χ0n) is 17.1. The van der Waals surface area contributed by atoms with Gasteiger partial charge in [0.15, 0.2) is 0 Å². The Balaban J connectivity index is 1.65. The minimum atomic E-state index is 0.211. The maximum absolute atomic E-state index is 12.1. The summed E-state index contributed by atoms with van der Waals surface area (Å²) in [7, 11) is 0. The Morgan fingerprint density at radius 1 is 1.15 bits per heavy atom. The molecule has 0 saturated carbocycles. The van der Waals surface area contributed by atoms with Crippen LogP contribution in [-0.2, 0) is 4.79 Å². The number of anilines is 1. The van der Waals surface area contributed by atoms with Crippen molar-refractivity contribution in [3.05, 3.63) is 29.8 Å². The van der Waals surface area contributed by atoms with Gasteiger partial charge in [0.2, 0.25) is 5.91 Å². The van der Waals surface area contributed by atoms with Gasteiger partial charge < -0.3 is 10.2 Å². The highest BCUT2D eigenvalue weighted by atomic mass is 16.1. The van der Waals surface area contributed by atoms with Crippen LogP contribution in [-0.4, -0.2) is 49.6 Å². The lowest BCUT2D eigenvalue weighted by Crippen LogP contribution is -2.47. The lowest BCUT2D eigenvalue weighted by molar-refractivity contribution is -0.122. The topological polar surface area (TPSA) is 35.6 Å². The molecule has 2 rings (SSSR count). The van der Waals surface area contributed by atoms with Crippen LogP contribution in [0.1, 0.15) is 52.0 Å². The minimum Gasteiger partial charge on any atom is -0.369 e. The number of rotatable bonds is 9. The van der Waals surface area contributed by atoms with E-state index >= 15 is 0 Å². The molecule has 0 aliphatic carbocycles. The van der Waals surface area contributed by atoms with Crippen molar-refractivity contribution >= 4 is 11.6 Å². The summed E-state index contributed by atoms with van der Waals surface area (Å²) in [5.41, 5.74) is 2.66. The van der Waals surface area contributed by atoms with E-state index in [2.05, 4.69) is 67.1 Å². The van der Waals surface area contributed by atoms with Gasteiger partial charge in [-0.25, -0.2) is 0 Å². The number of hydrogen-bond acceptors (Lipinski definition) is 3. The summed E-state index contributed by atoms with van der Waals surface area (Å²) in [6, 6.07) is 9.03. The van der Waals surface area contributed by atoms with Crippen LogP contribution in [0.25, 0.3) is 0 Å². The van der Waals surface area contributed by atoms with Gasteiger partial charge in [0, 0.05) is 50.9 Å². The molecule has 0 radical (unpaired) electrons. The van der Waals surface area contributed by atoms with Crippen LogP contribution in [0.2, 0.25) is 0 Å². The van der Waals surface area contributed by atoms with Gasteiger partial charge >= 0.3 is 0 Å². The molecule has 2 unspecified atom stereocenters. The number of carbonyl (C=O) groups is 1. The highest BCUT2D eigenvalue weighted by Gasteiger charge is 2.18. The van der Waals surface area contributed by atoms with Crippen molar-refractivity contribution in [2.45, 2.75) is 59.4 Å². The molecular formula is C22H37N3O. The Bertz CT molecular complexity index is 552. The molecule has 1 heterocycles. The third-order valence-corrected chi connectivity index (χ3v) is 5.34. The molecular weight excluding hydrogens is 322 g/mol. The first-order valence-corrected chi connectivity index (χ1v) is 10.3. The first kappa shape index (κ1) is 20.8. The molecule has 146 valence electrons. The van der Waals surface area contributed by atoms with Crippen LogP contribution in [0, 0.1) is 12.8 Å². The van der Waals surface area contributed by atoms with Gasteiger partial charge in [-0.3, -0.25) is 9.69 Å². The molecule has 1 aromatic rings. The molecule has 0 aromatic heterocycles. The van der Waals surface area contributed by atoms with E-state index in [1.165, 1.54) is 11.3 Å². The second kappa shape index (κ2) is 10.6. The van der Waals surface area contributed by atoms with Crippen LogP contribution >= 0.6 is 0 Å². The third kappa shape index (κ3) is 6.99. The Labute approximate surface area is 159 Å². The summed E-state index contributed by atoms with van der Waals surface area (Å²) in [6.45, 7) is 14.1. The quantitative estimate of drug-likeness (QED) is 0.728. The maximum atomic E-state index is 12.1. The summed E-state index contributed by atoms with van der Waals surface area (Å²) < 4.78 is 0. The monoisotopic (exact) mass is 359 g/mol. The van der Waals surface area contributed by atoms with Crippen molar-refractivity contribution in [1.29, 1.82) is 0 Å². The van der Waals surface area contributed by atoms with Crippen LogP contribution in [0.3, 0.4) is 0 Å². The lowest BCUT2D eigenvalue weighted by Gasteiger charge is -2.36. The fourth-order valence-corrected chi connectivity index (χ4v) is 3.75. The van der Waals surface area contributed by atoms with Crippen molar-refractivity contribution in [1.82, 2.24) is 10.2 Å². The van der Waals surface area contributed by atoms with Gasteiger partial charge in [0.25, 0.3) is 0 Å². The number of benzene rings is 1. The van der Waals surface area contributed by atoms with Crippen LogP contribution in [0.15, 0.2) is 24.3 Å². The molecule has 1 aliphatic rings. The minimum absolute atomic E-state index is 0.211. The molecule has 4 heteroatoms. The fraction of sp³-hybridized carbons (Fsp3) is 0.682. The van der Waals surface area contributed by atoms with Crippen molar-refractivity contribution in [2.75, 3.05) is 37.6 Å². The average molecular weight is 360 g/mol. The second-order valence-corrected chi connectivity index (χ2v) is 8.02. The summed E-state index contributed by atoms with van der Waals surface area (Å²) in [4.78, 5) is 17.1. The molecule has 0 spiro atoms. The van der Waals surface area contributed by atoms with Gasteiger partial charge in [-0.15, -0.1) is 0 Å². The Kier molecular flexibility index (Phi) is 8.43. The zero-order valence-corrected chi connectivity index (χ0v) is 17.1. The van der Waals surface area contributed by atoms with Crippen molar-refractivity contribution < 1.29 is 4.79 Å². The maximum Gasteiger partial charge on any atom is 0.220 e. The lowest BCUT2D eigenvalue weighted by atomic mass is 10.0. The van der Waals surface area contributed by atoms with Gasteiger partial charge in [0.05, 0.1) is 0 Å². The number of aryl methyl sites for hydroxylation is 1. The Morgan fingerprint density at radius 3 is 2.54 bits per heavy atom. The zero-order chi connectivity index (χ0) is 18.9. The summed E-state index contributed by atoms with van der Waals surface area (Å²) in [5.74, 6) is 0.699. The molecule has 1 N–H and O–H groups in total.